The molecule has 5 heteroatoms. The maximum absolute atomic E-state index is 13.1. The summed E-state index contributed by atoms with van der Waals surface area (Å²) in [6.07, 6.45) is 2.10. The van der Waals surface area contributed by atoms with Crippen molar-refractivity contribution in [1.82, 2.24) is 5.32 Å². The van der Waals surface area contributed by atoms with E-state index in [0.717, 1.165) is 35.4 Å². The van der Waals surface area contributed by atoms with E-state index >= 15 is 0 Å². The molecule has 0 spiro atoms. The fourth-order valence-corrected chi connectivity index (χ4v) is 4.27. The number of ketones is 1. The first-order valence-corrected chi connectivity index (χ1v) is 10.1. The number of esters is 1. The molecule has 148 valence electrons. The number of nitrogens with one attached hydrogen (secondary N) is 1. The van der Waals surface area contributed by atoms with E-state index < -0.39 is 11.9 Å². The number of dihydropyridines is 1. The number of ether oxygens (including phenoxy) is 1. The molecule has 0 saturated carbocycles. The lowest BCUT2D eigenvalue weighted by molar-refractivity contribution is -0.140. The van der Waals surface area contributed by atoms with Gasteiger partial charge in [-0.25, -0.2) is 4.79 Å². The summed E-state index contributed by atoms with van der Waals surface area (Å²) in [5.41, 5.74) is 4.50. The zero-order valence-corrected chi connectivity index (χ0v) is 17.0. The van der Waals surface area contributed by atoms with Gasteiger partial charge in [0.15, 0.2) is 5.78 Å². The van der Waals surface area contributed by atoms with Crippen LogP contribution in [0.15, 0.2) is 77.1 Å². The molecule has 1 N–H and O–H groups in total. The van der Waals surface area contributed by atoms with Gasteiger partial charge in [0.2, 0.25) is 0 Å². The summed E-state index contributed by atoms with van der Waals surface area (Å²) in [6.45, 7) is 2.04. The number of hydrogen-bond donors (Lipinski definition) is 1. The van der Waals surface area contributed by atoms with Crippen molar-refractivity contribution >= 4 is 23.4 Å². The molecule has 1 heterocycles. The molecule has 0 fully saturated rings. The van der Waals surface area contributed by atoms with Gasteiger partial charge in [-0.3, -0.25) is 4.79 Å². The molecule has 4 nitrogen and oxygen atoms in total. The smallest absolute Gasteiger partial charge is 0.337 e. The molecule has 4 rings (SSSR count). The topological polar surface area (TPSA) is 55.4 Å². The number of benzene rings is 2. The van der Waals surface area contributed by atoms with E-state index in [9.17, 15) is 9.59 Å². The monoisotopic (exact) mass is 407 g/mol. The summed E-state index contributed by atoms with van der Waals surface area (Å²) in [6, 6.07) is 16.9. The van der Waals surface area contributed by atoms with Gasteiger partial charge in [0, 0.05) is 34.3 Å². The van der Waals surface area contributed by atoms with E-state index in [0.29, 0.717) is 22.6 Å². The third kappa shape index (κ3) is 3.99. The van der Waals surface area contributed by atoms with Crippen molar-refractivity contribution in [2.75, 3.05) is 0 Å². The van der Waals surface area contributed by atoms with Crippen molar-refractivity contribution < 1.29 is 14.3 Å². The molecule has 0 saturated heterocycles. The van der Waals surface area contributed by atoms with Crippen molar-refractivity contribution in [3.8, 4) is 0 Å². The lowest BCUT2D eigenvalue weighted by Gasteiger charge is -2.34. The molecular formula is C24H22ClNO3. The van der Waals surface area contributed by atoms with Gasteiger partial charge in [-0.1, -0.05) is 54.1 Å². The molecule has 29 heavy (non-hydrogen) atoms. The standard InChI is InChI=1S/C24H22ClNO3/c1-15-21(24(28)29-14-16-7-3-2-4-8-16)22(17-9-5-10-18(25)13-17)23-19(26-15)11-6-12-20(23)27/h2-5,7-10,13,22,26H,6,11-12,14H2,1H3/t22-/m0/s1. The minimum Gasteiger partial charge on any atom is -0.457 e. The Labute approximate surface area is 175 Å². The molecule has 1 atom stereocenters. The van der Waals surface area contributed by atoms with Gasteiger partial charge < -0.3 is 10.1 Å². The first-order chi connectivity index (χ1) is 14.0. The highest BCUT2D eigenvalue weighted by molar-refractivity contribution is 6.30. The maximum Gasteiger partial charge on any atom is 0.337 e. The Balaban J connectivity index is 1.72. The SMILES string of the molecule is CC1=C(C(=O)OCc2ccccc2)[C@H](c2cccc(Cl)c2)C2=C(CCCC2=O)N1. The minimum absolute atomic E-state index is 0.0737. The van der Waals surface area contributed by atoms with Crippen LogP contribution in [0.4, 0.5) is 0 Å². The molecule has 2 aromatic rings. The van der Waals surface area contributed by atoms with Crippen molar-refractivity contribution in [1.29, 1.82) is 0 Å². The number of halogens is 1. The zero-order chi connectivity index (χ0) is 20.4. The molecule has 1 aliphatic carbocycles. The Hall–Kier alpha value is -2.85. The average molecular weight is 408 g/mol. The second-order valence-electron chi connectivity index (χ2n) is 7.38. The van der Waals surface area contributed by atoms with Crippen LogP contribution in [0.25, 0.3) is 0 Å². The van der Waals surface area contributed by atoms with Gasteiger partial charge in [-0.15, -0.1) is 0 Å². The van der Waals surface area contributed by atoms with E-state index in [-0.39, 0.29) is 12.4 Å². The predicted molar refractivity (Wildman–Crippen MR) is 112 cm³/mol. The van der Waals surface area contributed by atoms with Crippen LogP contribution < -0.4 is 5.32 Å². The van der Waals surface area contributed by atoms with E-state index in [1.807, 2.05) is 55.5 Å². The second-order valence-corrected chi connectivity index (χ2v) is 7.82. The fourth-order valence-electron chi connectivity index (χ4n) is 4.07. The van der Waals surface area contributed by atoms with Gasteiger partial charge >= 0.3 is 5.97 Å². The highest BCUT2D eigenvalue weighted by Gasteiger charge is 2.39. The molecule has 0 radical (unpaired) electrons. The minimum atomic E-state index is -0.471. The van der Waals surface area contributed by atoms with Crippen LogP contribution in [0, 0.1) is 0 Å². The third-order valence-corrected chi connectivity index (χ3v) is 5.63. The van der Waals surface area contributed by atoms with Crippen LogP contribution in [-0.2, 0) is 20.9 Å². The molecule has 0 bridgehead atoms. The Bertz CT molecular complexity index is 1020. The van der Waals surface area contributed by atoms with E-state index in [1.165, 1.54) is 0 Å². The molecule has 2 aliphatic rings. The number of Topliss-reactive ketones (excluding diaryl/α,β-unsaturated/α-hetero) is 1. The van der Waals surface area contributed by atoms with Crippen LogP contribution in [0.3, 0.4) is 0 Å². The summed E-state index contributed by atoms with van der Waals surface area (Å²) >= 11 is 6.23. The lowest BCUT2D eigenvalue weighted by atomic mass is 9.75. The second kappa shape index (κ2) is 8.26. The summed E-state index contributed by atoms with van der Waals surface area (Å²) in [5, 5.41) is 3.87. The summed E-state index contributed by atoms with van der Waals surface area (Å²) < 4.78 is 5.63. The molecule has 2 aromatic carbocycles. The molecule has 0 amide bonds. The zero-order valence-electron chi connectivity index (χ0n) is 16.2. The van der Waals surface area contributed by atoms with Crippen LogP contribution in [-0.4, -0.2) is 11.8 Å². The van der Waals surface area contributed by atoms with Crippen LogP contribution in [0.5, 0.6) is 0 Å². The Morgan fingerprint density at radius 1 is 1.14 bits per heavy atom. The normalized spacial score (nSPS) is 19.0. The quantitative estimate of drug-likeness (QED) is 0.720. The van der Waals surface area contributed by atoms with Crippen molar-refractivity contribution in [2.45, 2.75) is 38.7 Å². The number of carbonyl (C=O) groups is 2. The van der Waals surface area contributed by atoms with Crippen molar-refractivity contribution in [3.05, 3.63) is 93.3 Å². The third-order valence-electron chi connectivity index (χ3n) is 5.39. The Morgan fingerprint density at radius 2 is 1.93 bits per heavy atom. The van der Waals surface area contributed by atoms with E-state index in [4.69, 9.17) is 16.3 Å². The summed E-state index contributed by atoms with van der Waals surface area (Å²) in [7, 11) is 0. The van der Waals surface area contributed by atoms with Gasteiger partial charge in [-0.05, 0) is 43.0 Å². The van der Waals surface area contributed by atoms with Gasteiger partial charge in [-0.2, -0.15) is 0 Å². The highest BCUT2D eigenvalue weighted by atomic mass is 35.5. The first-order valence-electron chi connectivity index (χ1n) is 9.75. The van der Waals surface area contributed by atoms with Crippen LogP contribution in [0.2, 0.25) is 5.02 Å². The molecule has 1 aliphatic heterocycles. The number of hydrogen-bond acceptors (Lipinski definition) is 4. The fraction of sp³-hybridized carbons (Fsp3) is 0.250. The molecule has 0 unspecified atom stereocenters. The molecule has 0 aromatic heterocycles. The maximum atomic E-state index is 13.1. The highest BCUT2D eigenvalue weighted by Crippen LogP contribution is 2.43. The van der Waals surface area contributed by atoms with Crippen molar-refractivity contribution in [2.24, 2.45) is 0 Å². The largest absolute Gasteiger partial charge is 0.457 e. The first kappa shape index (κ1) is 19.5. The van der Waals surface area contributed by atoms with Crippen LogP contribution in [0.1, 0.15) is 43.2 Å². The number of allylic oxidation sites excluding steroid dienone is 3. The number of carbonyl (C=O) groups excluding carboxylic acids is 2. The Kier molecular flexibility index (Phi) is 5.54. The van der Waals surface area contributed by atoms with Gasteiger partial charge in [0.1, 0.15) is 6.61 Å². The summed E-state index contributed by atoms with van der Waals surface area (Å²) in [4.78, 5) is 26.0. The summed E-state index contributed by atoms with van der Waals surface area (Å²) in [5.74, 6) is -0.820. The average Bonchev–Trinajstić information content (AvgIpc) is 2.72. The Morgan fingerprint density at radius 3 is 2.69 bits per heavy atom. The van der Waals surface area contributed by atoms with Crippen LogP contribution >= 0.6 is 11.6 Å². The molecular weight excluding hydrogens is 386 g/mol. The van der Waals surface area contributed by atoms with Crippen molar-refractivity contribution in [3.63, 3.8) is 0 Å². The van der Waals surface area contributed by atoms with E-state index in [1.54, 1.807) is 6.07 Å². The van der Waals surface area contributed by atoms with Gasteiger partial charge in [0.05, 0.1) is 5.57 Å². The predicted octanol–water partition coefficient (Wildman–Crippen LogP) is 5.05. The lowest BCUT2D eigenvalue weighted by Crippen LogP contribution is -2.34. The van der Waals surface area contributed by atoms with E-state index in [2.05, 4.69) is 5.32 Å². The number of rotatable bonds is 4. The van der Waals surface area contributed by atoms with Gasteiger partial charge in [0.25, 0.3) is 0 Å².